The van der Waals surface area contributed by atoms with Gasteiger partial charge in [-0.15, -0.1) is 11.3 Å². The molecular formula is C20H22N2O2S. The summed E-state index contributed by atoms with van der Waals surface area (Å²) in [7, 11) is 1.72. The first-order valence-electron chi connectivity index (χ1n) is 8.67. The fourth-order valence-corrected chi connectivity index (χ4v) is 4.16. The van der Waals surface area contributed by atoms with Crippen LogP contribution in [0, 0.1) is 0 Å². The van der Waals surface area contributed by atoms with E-state index >= 15 is 0 Å². The molecule has 0 saturated carbocycles. The van der Waals surface area contributed by atoms with Crippen molar-refractivity contribution in [1.82, 2.24) is 9.88 Å². The monoisotopic (exact) mass is 354 g/mol. The molecule has 1 unspecified atom stereocenters. The van der Waals surface area contributed by atoms with Gasteiger partial charge in [-0.05, 0) is 54.9 Å². The topological polar surface area (TPSA) is 38.5 Å². The number of methoxy groups -OCH3 is 1. The van der Waals surface area contributed by atoms with E-state index in [1.807, 2.05) is 23.6 Å². The summed E-state index contributed by atoms with van der Waals surface area (Å²) in [6.07, 6.45) is 5.32. The quantitative estimate of drug-likeness (QED) is 0.647. The molecule has 5 heteroatoms. The molecule has 1 aromatic carbocycles. The van der Waals surface area contributed by atoms with Gasteiger partial charge in [0.05, 0.1) is 17.7 Å². The summed E-state index contributed by atoms with van der Waals surface area (Å²) in [5, 5.41) is 2.05. The maximum absolute atomic E-state index is 5.66. The number of nitrogens with zero attached hydrogens (tertiary/aromatic N) is 2. The first kappa shape index (κ1) is 16.4. The summed E-state index contributed by atoms with van der Waals surface area (Å²) in [4.78, 5) is 8.27. The van der Waals surface area contributed by atoms with E-state index in [0.29, 0.717) is 6.04 Å². The number of ether oxygens (including phenoxy) is 1. The maximum Gasteiger partial charge on any atom is 0.236 e. The molecule has 1 atom stereocenters. The fourth-order valence-electron chi connectivity index (χ4n) is 3.51. The van der Waals surface area contributed by atoms with E-state index in [1.54, 1.807) is 24.7 Å². The van der Waals surface area contributed by atoms with Crippen molar-refractivity contribution in [3.63, 3.8) is 0 Å². The number of benzene rings is 1. The number of oxazole rings is 1. The van der Waals surface area contributed by atoms with Crippen molar-refractivity contribution in [1.29, 1.82) is 0 Å². The summed E-state index contributed by atoms with van der Waals surface area (Å²) < 4.78 is 11.0. The van der Waals surface area contributed by atoms with Gasteiger partial charge in [0.25, 0.3) is 0 Å². The average molecular weight is 354 g/mol. The van der Waals surface area contributed by atoms with Gasteiger partial charge in [0.2, 0.25) is 5.89 Å². The lowest BCUT2D eigenvalue weighted by molar-refractivity contribution is 0.241. The summed E-state index contributed by atoms with van der Waals surface area (Å²) in [5.41, 5.74) is 2.34. The van der Waals surface area contributed by atoms with E-state index < -0.39 is 0 Å². The smallest absolute Gasteiger partial charge is 0.236 e. The normalized spacial score (nSPS) is 17.9. The van der Waals surface area contributed by atoms with Crippen LogP contribution in [0.4, 0.5) is 0 Å². The van der Waals surface area contributed by atoms with Gasteiger partial charge in [0, 0.05) is 12.6 Å². The van der Waals surface area contributed by atoms with Crippen LogP contribution in [0.25, 0.3) is 10.8 Å². The first-order chi connectivity index (χ1) is 12.3. The zero-order valence-electron chi connectivity index (χ0n) is 14.4. The number of likely N-dealkylation sites (tertiary alicyclic amines) is 1. The molecule has 0 N–H and O–H groups in total. The summed E-state index contributed by atoms with van der Waals surface area (Å²) >= 11 is 1.66. The van der Waals surface area contributed by atoms with Gasteiger partial charge in [0.15, 0.2) is 0 Å². The Kier molecular flexibility index (Phi) is 4.85. The minimum atomic E-state index is 0.550. The molecule has 3 heterocycles. The second-order valence-corrected chi connectivity index (χ2v) is 7.39. The van der Waals surface area contributed by atoms with E-state index in [0.717, 1.165) is 41.7 Å². The Morgan fingerprint density at radius 3 is 3.12 bits per heavy atom. The predicted molar refractivity (Wildman–Crippen MR) is 99.9 cm³/mol. The fraction of sp³-hybridized carbons (Fsp3) is 0.350. The van der Waals surface area contributed by atoms with Crippen molar-refractivity contribution in [2.24, 2.45) is 0 Å². The lowest BCUT2D eigenvalue weighted by atomic mass is 10.0. The van der Waals surface area contributed by atoms with Crippen LogP contribution in [-0.4, -0.2) is 29.6 Å². The first-order valence-corrected chi connectivity index (χ1v) is 9.55. The van der Waals surface area contributed by atoms with Crippen LogP contribution in [0.5, 0.6) is 5.75 Å². The van der Waals surface area contributed by atoms with Crippen LogP contribution < -0.4 is 4.74 Å². The largest absolute Gasteiger partial charge is 0.497 e. The minimum absolute atomic E-state index is 0.550. The number of hydrogen-bond acceptors (Lipinski definition) is 5. The third-order valence-electron chi connectivity index (χ3n) is 4.75. The van der Waals surface area contributed by atoms with Gasteiger partial charge in [-0.1, -0.05) is 18.2 Å². The molecule has 130 valence electrons. The van der Waals surface area contributed by atoms with Gasteiger partial charge in [-0.2, -0.15) is 0 Å². The van der Waals surface area contributed by atoms with E-state index in [9.17, 15) is 0 Å². The Morgan fingerprint density at radius 1 is 1.32 bits per heavy atom. The van der Waals surface area contributed by atoms with Gasteiger partial charge in [0.1, 0.15) is 12.0 Å². The molecule has 4 rings (SSSR count). The molecule has 0 bridgehead atoms. The van der Waals surface area contributed by atoms with Gasteiger partial charge >= 0.3 is 0 Å². The number of rotatable bonds is 6. The summed E-state index contributed by atoms with van der Waals surface area (Å²) in [5.74, 6) is 1.66. The summed E-state index contributed by atoms with van der Waals surface area (Å²) in [6.45, 7) is 1.97. The Bertz CT molecular complexity index is 813. The Balaban J connectivity index is 1.43. The molecule has 0 radical (unpaired) electrons. The lowest BCUT2D eigenvalue weighted by Crippen LogP contribution is -2.30. The van der Waals surface area contributed by atoms with Gasteiger partial charge in [-0.3, -0.25) is 4.90 Å². The molecule has 0 aliphatic carbocycles. The van der Waals surface area contributed by atoms with E-state index in [-0.39, 0.29) is 0 Å². The molecule has 2 aromatic heterocycles. The van der Waals surface area contributed by atoms with Crippen molar-refractivity contribution in [2.75, 3.05) is 13.7 Å². The highest BCUT2D eigenvalue weighted by molar-refractivity contribution is 7.13. The molecule has 3 aromatic rings. The number of aromatic nitrogens is 1. The predicted octanol–water partition coefficient (Wildman–Crippen LogP) is 4.62. The van der Waals surface area contributed by atoms with Crippen molar-refractivity contribution in [3.8, 4) is 16.5 Å². The summed E-state index contributed by atoms with van der Waals surface area (Å²) in [6, 6.07) is 13.0. The molecule has 1 saturated heterocycles. The third-order valence-corrected chi connectivity index (χ3v) is 5.61. The van der Waals surface area contributed by atoms with Crippen LogP contribution >= 0.6 is 11.3 Å². The molecule has 1 aliphatic heterocycles. The van der Waals surface area contributed by atoms with Crippen molar-refractivity contribution < 1.29 is 9.15 Å². The highest BCUT2D eigenvalue weighted by atomic mass is 32.1. The molecule has 1 fully saturated rings. The highest BCUT2D eigenvalue weighted by Gasteiger charge is 2.25. The zero-order chi connectivity index (χ0) is 17.1. The molecule has 25 heavy (non-hydrogen) atoms. The maximum atomic E-state index is 5.66. The van der Waals surface area contributed by atoms with Crippen LogP contribution in [0.15, 0.2) is 52.5 Å². The highest BCUT2D eigenvalue weighted by Crippen LogP contribution is 2.27. The Morgan fingerprint density at radius 2 is 2.28 bits per heavy atom. The van der Waals surface area contributed by atoms with Crippen molar-refractivity contribution >= 4 is 11.3 Å². The molecular weight excluding hydrogens is 332 g/mol. The van der Waals surface area contributed by atoms with Crippen LogP contribution in [0.2, 0.25) is 0 Å². The second kappa shape index (κ2) is 7.42. The molecule has 4 nitrogen and oxygen atoms in total. The van der Waals surface area contributed by atoms with Crippen LogP contribution in [0.1, 0.15) is 24.1 Å². The molecule has 0 amide bonds. The third kappa shape index (κ3) is 3.78. The Labute approximate surface area is 152 Å². The van der Waals surface area contributed by atoms with Gasteiger partial charge in [-0.25, -0.2) is 4.98 Å². The number of hydrogen-bond donors (Lipinski definition) is 0. The van der Waals surface area contributed by atoms with Crippen LogP contribution in [-0.2, 0) is 13.0 Å². The van der Waals surface area contributed by atoms with E-state index in [4.69, 9.17) is 9.15 Å². The van der Waals surface area contributed by atoms with E-state index in [1.165, 1.54) is 18.4 Å². The average Bonchev–Trinajstić information content (AvgIpc) is 3.38. The number of thiophene rings is 1. The van der Waals surface area contributed by atoms with Crippen molar-refractivity contribution in [2.45, 2.75) is 31.8 Å². The molecule has 1 aliphatic rings. The molecule has 0 spiro atoms. The standard InChI is InChI=1S/C20H22N2O2S/c1-23-18-7-2-5-15(12-18)11-17-6-3-9-22(17)13-16-14-24-20(21-16)19-8-4-10-25-19/h2,4-5,7-8,10,12,14,17H,3,6,9,11,13H2,1H3. The Hall–Kier alpha value is -2.11. The SMILES string of the molecule is COc1cccc(CC2CCCN2Cc2coc(-c3cccs3)n2)c1. The lowest BCUT2D eigenvalue weighted by Gasteiger charge is -2.23. The van der Waals surface area contributed by atoms with Crippen LogP contribution in [0.3, 0.4) is 0 Å². The minimum Gasteiger partial charge on any atom is -0.497 e. The van der Waals surface area contributed by atoms with Crippen molar-refractivity contribution in [3.05, 3.63) is 59.3 Å². The zero-order valence-corrected chi connectivity index (χ0v) is 15.2. The van der Waals surface area contributed by atoms with E-state index in [2.05, 4.69) is 28.1 Å². The second-order valence-electron chi connectivity index (χ2n) is 6.44. The van der Waals surface area contributed by atoms with Gasteiger partial charge < -0.3 is 9.15 Å².